The predicted octanol–water partition coefficient (Wildman–Crippen LogP) is 1.39. The number of nitrogens with one attached hydrogen (secondary N) is 1. The maximum absolute atomic E-state index is 11.7. The van der Waals surface area contributed by atoms with Gasteiger partial charge in [0.25, 0.3) is 0 Å². The minimum atomic E-state index is -0.0204. The Morgan fingerprint density at radius 1 is 1.41 bits per heavy atom. The molecule has 1 aromatic carbocycles. The van der Waals surface area contributed by atoms with Crippen LogP contribution >= 0.6 is 0 Å². The molecule has 1 unspecified atom stereocenters. The molecule has 1 aromatic heterocycles. The smallest absolute Gasteiger partial charge is 0.207 e. The summed E-state index contributed by atoms with van der Waals surface area (Å²) < 4.78 is 1.88. The molecule has 2 aromatic rings. The van der Waals surface area contributed by atoms with Crippen molar-refractivity contribution in [3.63, 3.8) is 0 Å². The number of likely N-dealkylation sites (N-methyl/N-ethyl adjacent to an activating group) is 1. The largest absolute Gasteiger partial charge is 0.313 e. The standard InChI is InChI=1S/C13H17N3O/c1-3-14-10(2)9-16-12-7-5-4-6-11(12)13(17)8-15-16/h4-8,10,14H,3,9H2,1-2H3. The van der Waals surface area contributed by atoms with E-state index in [4.69, 9.17) is 0 Å². The van der Waals surface area contributed by atoms with Gasteiger partial charge in [-0.1, -0.05) is 19.1 Å². The summed E-state index contributed by atoms with van der Waals surface area (Å²) in [4.78, 5) is 11.7. The van der Waals surface area contributed by atoms with Gasteiger partial charge in [-0.25, -0.2) is 0 Å². The molecule has 1 atom stereocenters. The summed E-state index contributed by atoms with van der Waals surface area (Å²) in [5.41, 5.74) is 0.873. The molecule has 90 valence electrons. The third kappa shape index (κ3) is 2.53. The summed E-state index contributed by atoms with van der Waals surface area (Å²) in [7, 11) is 0. The number of para-hydroxylation sites is 1. The van der Waals surface area contributed by atoms with Crippen molar-refractivity contribution in [2.75, 3.05) is 6.54 Å². The van der Waals surface area contributed by atoms with E-state index in [9.17, 15) is 4.79 Å². The van der Waals surface area contributed by atoms with Crippen molar-refractivity contribution >= 4 is 10.9 Å². The van der Waals surface area contributed by atoms with E-state index in [-0.39, 0.29) is 5.43 Å². The van der Waals surface area contributed by atoms with Gasteiger partial charge in [0.1, 0.15) is 0 Å². The van der Waals surface area contributed by atoms with E-state index in [1.807, 2.05) is 28.9 Å². The van der Waals surface area contributed by atoms with E-state index in [1.165, 1.54) is 6.20 Å². The van der Waals surface area contributed by atoms with Gasteiger partial charge in [-0.3, -0.25) is 9.48 Å². The second-order valence-corrected chi connectivity index (χ2v) is 4.17. The number of hydrogen-bond acceptors (Lipinski definition) is 3. The van der Waals surface area contributed by atoms with Crippen LogP contribution in [-0.2, 0) is 6.54 Å². The van der Waals surface area contributed by atoms with Crippen molar-refractivity contribution in [1.82, 2.24) is 15.1 Å². The third-order valence-electron chi connectivity index (χ3n) is 2.76. The summed E-state index contributed by atoms with van der Waals surface area (Å²) in [6, 6.07) is 7.91. The predicted molar refractivity (Wildman–Crippen MR) is 69.1 cm³/mol. The van der Waals surface area contributed by atoms with E-state index in [2.05, 4.69) is 24.3 Å². The molecule has 0 amide bonds. The van der Waals surface area contributed by atoms with Crippen LogP contribution in [0.1, 0.15) is 13.8 Å². The van der Waals surface area contributed by atoms with Crippen molar-refractivity contribution in [1.29, 1.82) is 0 Å². The van der Waals surface area contributed by atoms with Crippen molar-refractivity contribution in [2.24, 2.45) is 0 Å². The molecular formula is C13H17N3O. The zero-order valence-electron chi connectivity index (χ0n) is 10.2. The van der Waals surface area contributed by atoms with Crippen LogP contribution in [0.15, 0.2) is 35.3 Å². The van der Waals surface area contributed by atoms with E-state index in [0.29, 0.717) is 6.04 Å². The van der Waals surface area contributed by atoms with Crippen molar-refractivity contribution in [2.45, 2.75) is 26.4 Å². The molecule has 2 rings (SSSR count). The van der Waals surface area contributed by atoms with Crippen LogP contribution in [0.25, 0.3) is 10.9 Å². The highest BCUT2D eigenvalue weighted by Gasteiger charge is 2.06. The monoisotopic (exact) mass is 231 g/mol. The van der Waals surface area contributed by atoms with Gasteiger partial charge in [-0.05, 0) is 25.6 Å². The van der Waals surface area contributed by atoms with Crippen LogP contribution in [0.4, 0.5) is 0 Å². The highest BCUT2D eigenvalue weighted by atomic mass is 16.1. The zero-order valence-corrected chi connectivity index (χ0v) is 10.2. The van der Waals surface area contributed by atoms with Crippen LogP contribution in [0.2, 0.25) is 0 Å². The fourth-order valence-corrected chi connectivity index (χ4v) is 1.98. The van der Waals surface area contributed by atoms with E-state index in [1.54, 1.807) is 0 Å². The third-order valence-corrected chi connectivity index (χ3v) is 2.76. The van der Waals surface area contributed by atoms with Crippen molar-refractivity contribution in [3.05, 3.63) is 40.7 Å². The summed E-state index contributed by atoms with van der Waals surface area (Å²) in [5.74, 6) is 0. The van der Waals surface area contributed by atoms with E-state index >= 15 is 0 Å². The lowest BCUT2D eigenvalue weighted by molar-refractivity contribution is 0.466. The van der Waals surface area contributed by atoms with Crippen LogP contribution < -0.4 is 10.7 Å². The van der Waals surface area contributed by atoms with Crippen LogP contribution in [-0.4, -0.2) is 22.4 Å². The topological polar surface area (TPSA) is 46.9 Å². The highest BCUT2D eigenvalue weighted by Crippen LogP contribution is 2.08. The lowest BCUT2D eigenvalue weighted by Gasteiger charge is -2.15. The number of aromatic nitrogens is 2. The molecule has 0 fully saturated rings. The quantitative estimate of drug-likeness (QED) is 0.865. The summed E-state index contributed by atoms with van der Waals surface area (Å²) in [5, 5.41) is 8.26. The molecule has 17 heavy (non-hydrogen) atoms. The number of nitrogens with zero attached hydrogens (tertiary/aromatic N) is 2. The molecule has 0 aliphatic carbocycles. The Hall–Kier alpha value is -1.68. The molecule has 1 heterocycles. The summed E-state index contributed by atoms with van der Waals surface area (Å²) in [6.07, 6.45) is 1.39. The molecule has 0 saturated heterocycles. The normalized spacial score (nSPS) is 12.8. The Bertz CT molecular complexity index is 562. The highest BCUT2D eigenvalue weighted by molar-refractivity contribution is 5.77. The first-order valence-corrected chi connectivity index (χ1v) is 5.90. The molecule has 1 N–H and O–H groups in total. The Labute approximate surface area is 100 Å². The minimum Gasteiger partial charge on any atom is -0.313 e. The first-order valence-electron chi connectivity index (χ1n) is 5.90. The van der Waals surface area contributed by atoms with Gasteiger partial charge in [0.2, 0.25) is 5.43 Å². The van der Waals surface area contributed by atoms with Gasteiger partial charge < -0.3 is 5.32 Å². The van der Waals surface area contributed by atoms with Crippen LogP contribution in [0.5, 0.6) is 0 Å². The number of benzene rings is 1. The molecule has 0 bridgehead atoms. The second-order valence-electron chi connectivity index (χ2n) is 4.17. The molecule has 0 aliphatic heterocycles. The number of rotatable bonds is 4. The average molecular weight is 231 g/mol. The zero-order chi connectivity index (χ0) is 12.3. The lowest BCUT2D eigenvalue weighted by Crippen LogP contribution is -2.31. The van der Waals surface area contributed by atoms with Gasteiger partial charge in [0, 0.05) is 11.4 Å². The Morgan fingerprint density at radius 3 is 2.94 bits per heavy atom. The summed E-state index contributed by atoms with van der Waals surface area (Å²) in [6.45, 7) is 5.87. The van der Waals surface area contributed by atoms with Crippen molar-refractivity contribution in [3.8, 4) is 0 Å². The van der Waals surface area contributed by atoms with Crippen LogP contribution in [0.3, 0.4) is 0 Å². The lowest BCUT2D eigenvalue weighted by atomic mass is 10.2. The SMILES string of the molecule is CCNC(C)Cn1ncc(=O)c2ccccc21. The molecule has 0 spiro atoms. The fraction of sp³-hybridized carbons (Fsp3) is 0.385. The minimum absolute atomic E-state index is 0.0204. The maximum Gasteiger partial charge on any atom is 0.207 e. The molecule has 0 radical (unpaired) electrons. The number of fused-ring (bicyclic) bond motifs is 1. The van der Waals surface area contributed by atoms with E-state index < -0.39 is 0 Å². The molecule has 0 aliphatic rings. The Balaban J connectivity index is 2.41. The Morgan fingerprint density at radius 2 is 2.18 bits per heavy atom. The molecule has 0 saturated carbocycles. The fourth-order valence-electron chi connectivity index (χ4n) is 1.98. The first kappa shape index (κ1) is 11.8. The average Bonchev–Trinajstić information content (AvgIpc) is 2.34. The van der Waals surface area contributed by atoms with Gasteiger partial charge in [0.05, 0.1) is 18.3 Å². The van der Waals surface area contributed by atoms with Gasteiger partial charge in [0.15, 0.2) is 0 Å². The second kappa shape index (κ2) is 5.10. The van der Waals surface area contributed by atoms with Gasteiger partial charge in [-0.2, -0.15) is 5.10 Å². The van der Waals surface area contributed by atoms with Crippen molar-refractivity contribution < 1.29 is 0 Å². The van der Waals surface area contributed by atoms with E-state index in [0.717, 1.165) is 24.0 Å². The van der Waals surface area contributed by atoms with Gasteiger partial charge >= 0.3 is 0 Å². The molecular weight excluding hydrogens is 214 g/mol. The van der Waals surface area contributed by atoms with Crippen LogP contribution in [0, 0.1) is 0 Å². The molecule has 4 heteroatoms. The summed E-state index contributed by atoms with van der Waals surface area (Å²) >= 11 is 0. The number of hydrogen-bond donors (Lipinski definition) is 1. The Kier molecular flexibility index (Phi) is 3.54. The first-order chi connectivity index (χ1) is 8.22. The molecule has 4 nitrogen and oxygen atoms in total. The maximum atomic E-state index is 11.7. The van der Waals surface area contributed by atoms with Gasteiger partial charge in [-0.15, -0.1) is 0 Å².